The smallest absolute Gasteiger partial charge is 0.262 e. The molecule has 0 radical (unpaired) electrons. The van der Waals surface area contributed by atoms with Crippen LogP contribution in [-0.2, 0) is 11.3 Å². The number of carbonyl (C=O) groups excluding carboxylic acids is 2. The Labute approximate surface area is 201 Å². The molecule has 0 saturated heterocycles. The van der Waals surface area contributed by atoms with E-state index >= 15 is 0 Å². The second kappa shape index (κ2) is 11.4. The number of hydrogen-bond acceptors (Lipinski definition) is 6. The lowest BCUT2D eigenvalue weighted by atomic mass is 10.1. The van der Waals surface area contributed by atoms with Crippen molar-refractivity contribution in [3.8, 4) is 0 Å². The summed E-state index contributed by atoms with van der Waals surface area (Å²) in [5.74, 6) is -0.0313. The number of thioether (sulfide) groups is 1. The number of hydrogen-bond donors (Lipinski definition) is 1. The Morgan fingerprint density at radius 3 is 2.52 bits per heavy atom. The first-order valence-corrected chi connectivity index (χ1v) is 11.9. The van der Waals surface area contributed by atoms with Crippen LogP contribution in [0, 0.1) is 5.92 Å². The van der Waals surface area contributed by atoms with Crippen molar-refractivity contribution >= 4 is 46.0 Å². The van der Waals surface area contributed by atoms with Gasteiger partial charge in [0.1, 0.15) is 0 Å². The summed E-state index contributed by atoms with van der Waals surface area (Å²) in [6, 6.07) is 11.5. The number of amides is 1. The second-order valence-electron chi connectivity index (χ2n) is 7.90. The van der Waals surface area contributed by atoms with Crippen LogP contribution in [0.1, 0.15) is 34.6 Å². The number of nitrogens with one attached hydrogen (secondary N) is 1. The van der Waals surface area contributed by atoms with Crippen LogP contribution >= 0.6 is 23.4 Å². The molecule has 3 rings (SSSR count). The first-order valence-electron chi connectivity index (χ1n) is 10.5. The number of methoxy groups -OCH3 is 1. The molecule has 0 bridgehead atoms. The first kappa shape index (κ1) is 25.0. The van der Waals surface area contributed by atoms with Crippen molar-refractivity contribution < 1.29 is 14.3 Å². The summed E-state index contributed by atoms with van der Waals surface area (Å²) in [7, 11) is 1.56. The standard InChI is InChI=1S/C24H26ClN3O4S/c1-15(2)13-28-23(31)19-9-6-17(22(30)26-10-11-32-3)12-20(19)27-24(28)33-14-21(29)16-4-7-18(25)8-5-16/h4-9,12,15H,10-11,13-14H2,1-3H3,(H,26,30). The number of fused-ring (bicyclic) bond motifs is 1. The minimum atomic E-state index is -0.269. The maximum absolute atomic E-state index is 13.2. The summed E-state index contributed by atoms with van der Waals surface area (Å²) >= 11 is 7.11. The lowest BCUT2D eigenvalue weighted by Crippen LogP contribution is -2.28. The Morgan fingerprint density at radius 1 is 1.15 bits per heavy atom. The molecule has 0 aliphatic rings. The van der Waals surface area contributed by atoms with E-state index in [4.69, 9.17) is 16.3 Å². The monoisotopic (exact) mass is 487 g/mol. The van der Waals surface area contributed by atoms with E-state index in [1.165, 1.54) is 11.8 Å². The Bertz CT molecular complexity index is 1210. The van der Waals surface area contributed by atoms with Gasteiger partial charge < -0.3 is 10.1 Å². The average molecular weight is 488 g/mol. The van der Waals surface area contributed by atoms with Crippen LogP contribution in [0.2, 0.25) is 5.02 Å². The third-order valence-corrected chi connectivity index (χ3v) is 6.05. The predicted molar refractivity (Wildman–Crippen MR) is 132 cm³/mol. The van der Waals surface area contributed by atoms with Gasteiger partial charge in [0.2, 0.25) is 0 Å². The fraction of sp³-hybridized carbons (Fsp3) is 0.333. The second-order valence-corrected chi connectivity index (χ2v) is 9.28. The van der Waals surface area contributed by atoms with E-state index in [-0.39, 0.29) is 28.9 Å². The highest BCUT2D eigenvalue weighted by Crippen LogP contribution is 2.21. The summed E-state index contributed by atoms with van der Waals surface area (Å²) in [5.41, 5.74) is 1.17. The molecule has 0 aliphatic carbocycles. The van der Waals surface area contributed by atoms with Crippen LogP contribution in [0.4, 0.5) is 0 Å². The average Bonchev–Trinajstić information content (AvgIpc) is 2.79. The van der Waals surface area contributed by atoms with Crippen LogP contribution in [0.3, 0.4) is 0 Å². The molecule has 2 aromatic carbocycles. The van der Waals surface area contributed by atoms with Crippen molar-refractivity contribution in [1.29, 1.82) is 0 Å². The predicted octanol–water partition coefficient (Wildman–Crippen LogP) is 4.06. The van der Waals surface area contributed by atoms with E-state index in [1.807, 2.05) is 13.8 Å². The van der Waals surface area contributed by atoms with Gasteiger partial charge in [0, 0.05) is 36.3 Å². The molecular weight excluding hydrogens is 462 g/mol. The largest absolute Gasteiger partial charge is 0.383 e. The molecule has 33 heavy (non-hydrogen) atoms. The number of ketones is 1. The fourth-order valence-electron chi connectivity index (χ4n) is 3.20. The zero-order valence-corrected chi connectivity index (χ0v) is 20.3. The van der Waals surface area contributed by atoms with Crippen molar-refractivity contribution in [2.24, 2.45) is 5.92 Å². The van der Waals surface area contributed by atoms with Gasteiger partial charge in [-0.3, -0.25) is 19.0 Å². The zero-order valence-electron chi connectivity index (χ0n) is 18.8. The molecular formula is C24H26ClN3O4S. The molecule has 0 atom stereocenters. The topological polar surface area (TPSA) is 90.3 Å². The number of rotatable bonds is 10. The van der Waals surface area contributed by atoms with E-state index in [0.717, 1.165) is 0 Å². The Balaban J connectivity index is 1.92. The number of nitrogens with zero attached hydrogens (tertiary/aromatic N) is 2. The molecule has 1 heterocycles. The van der Waals surface area contributed by atoms with Gasteiger partial charge in [0.05, 0.1) is 23.3 Å². The van der Waals surface area contributed by atoms with Gasteiger partial charge >= 0.3 is 0 Å². The van der Waals surface area contributed by atoms with Gasteiger partial charge in [0.25, 0.3) is 11.5 Å². The first-order chi connectivity index (χ1) is 15.8. The Kier molecular flexibility index (Phi) is 8.66. The zero-order chi connectivity index (χ0) is 24.0. The van der Waals surface area contributed by atoms with E-state index in [9.17, 15) is 14.4 Å². The molecule has 7 nitrogen and oxygen atoms in total. The molecule has 1 N–H and O–H groups in total. The van der Waals surface area contributed by atoms with Gasteiger partial charge in [0.15, 0.2) is 10.9 Å². The molecule has 174 valence electrons. The minimum absolute atomic E-state index is 0.0895. The van der Waals surface area contributed by atoms with Crippen LogP contribution in [0.25, 0.3) is 10.9 Å². The van der Waals surface area contributed by atoms with Crippen LogP contribution in [0.5, 0.6) is 0 Å². The number of benzene rings is 2. The Hall–Kier alpha value is -2.68. The van der Waals surface area contributed by atoms with E-state index in [0.29, 0.717) is 51.9 Å². The van der Waals surface area contributed by atoms with E-state index in [1.54, 1.807) is 54.1 Å². The van der Waals surface area contributed by atoms with E-state index in [2.05, 4.69) is 10.3 Å². The van der Waals surface area contributed by atoms with Crippen molar-refractivity contribution in [3.05, 3.63) is 69.0 Å². The molecule has 0 spiro atoms. The van der Waals surface area contributed by atoms with Crippen molar-refractivity contribution in [1.82, 2.24) is 14.9 Å². The summed E-state index contributed by atoms with van der Waals surface area (Å²) in [6.45, 7) is 5.28. The highest BCUT2D eigenvalue weighted by Gasteiger charge is 2.16. The SMILES string of the molecule is COCCNC(=O)c1ccc2c(=O)n(CC(C)C)c(SCC(=O)c3ccc(Cl)cc3)nc2c1. The normalized spacial score (nSPS) is 11.2. The summed E-state index contributed by atoms with van der Waals surface area (Å²) in [5, 5.41) is 4.19. The molecule has 1 aromatic heterocycles. The number of aromatic nitrogens is 2. The van der Waals surface area contributed by atoms with Gasteiger partial charge in [-0.2, -0.15) is 0 Å². The van der Waals surface area contributed by atoms with Gasteiger partial charge in [-0.25, -0.2) is 4.98 Å². The van der Waals surface area contributed by atoms with Crippen molar-refractivity contribution in [2.75, 3.05) is 26.0 Å². The number of ether oxygens (including phenoxy) is 1. The third-order valence-electron chi connectivity index (χ3n) is 4.82. The lowest BCUT2D eigenvalue weighted by molar-refractivity contribution is 0.0936. The van der Waals surface area contributed by atoms with Gasteiger partial charge in [-0.1, -0.05) is 37.2 Å². The number of carbonyl (C=O) groups is 2. The van der Waals surface area contributed by atoms with Gasteiger partial charge in [-0.15, -0.1) is 0 Å². The molecule has 3 aromatic rings. The van der Waals surface area contributed by atoms with Gasteiger partial charge in [-0.05, 0) is 48.4 Å². The van der Waals surface area contributed by atoms with Crippen molar-refractivity contribution in [3.63, 3.8) is 0 Å². The van der Waals surface area contributed by atoms with Crippen LogP contribution in [0.15, 0.2) is 52.4 Å². The highest BCUT2D eigenvalue weighted by molar-refractivity contribution is 7.99. The summed E-state index contributed by atoms with van der Waals surface area (Å²) in [6.07, 6.45) is 0. The number of Topliss-reactive ketones (excluding diaryl/α,β-unsaturated/α-hetero) is 1. The lowest BCUT2D eigenvalue weighted by Gasteiger charge is -2.15. The van der Waals surface area contributed by atoms with Crippen LogP contribution in [-0.4, -0.2) is 47.3 Å². The molecule has 1 amide bonds. The summed E-state index contributed by atoms with van der Waals surface area (Å²) in [4.78, 5) is 42.9. The van der Waals surface area contributed by atoms with Crippen molar-refractivity contribution in [2.45, 2.75) is 25.5 Å². The third kappa shape index (κ3) is 6.43. The maximum atomic E-state index is 13.2. The van der Waals surface area contributed by atoms with Crippen LogP contribution < -0.4 is 10.9 Å². The molecule has 0 saturated carbocycles. The maximum Gasteiger partial charge on any atom is 0.262 e. The fourth-order valence-corrected chi connectivity index (χ4v) is 4.23. The highest BCUT2D eigenvalue weighted by atomic mass is 35.5. The molecule has 0 aliphatic heterocycles. The quantitative estimate of drug-likeness (QED) is 0.201. The summed E-state index contributed by atoms with van der Waals surface area (Å²) < 4.78 is 6.55. The minimum Gasteiger partial charge on any atom is -0.383 e. The molecule has 9 heteroatoms. The Morgan fingerprint density at radius 2 is 1.85 bits per heavy atom. The van der Waals surface area contributed by atoms with E-state index < -0.39 is 0 Å². The molecule has 0 fully saturated rings. The molecule has 0 unspecified atom stereocenters. The number of halogens is 1.